The lowest BCUT2D eigenvalue weighted by Crippen LogP contribution is -2.37. The van der Waals surface area contributed by atoms with Crippen molar-refractivity contribution < 1.29 is 45.4 Å². The number of nitrogens with zero attached hydrogens (tertiary/aromatic N) is 1. The summed E-state index contributed by atoms with van der Waals surface area (Å²) in [4.78, 5) is 27.1. The minimum Gasteiger partial charge on any atom is -0.492 e. The van der Waals surface area contributed by atoms with Crippen LogP contribution in [0.1, 0.15) is 84.6 Å². The molecule has 1 amide bonds. The predicted octanol–water partition coefficient (Wildman–Crippen LogP) is 9.50. The van der Waals surface area contributed by atoms with Gasteiger partial charge in [-0.05, 0) is 93.5 Å². The molecular weight excluding hydrogens is 804 g/mol. The van der Waals surface area contributed by atoms with Crippen LogP contribution in [0.5, 0.6) is 5.75 Å². The fourth-order valence-corrected chi connectivity index (χ4v) is 7.46. The van der Waals surface area contributed by atoms with Gasteiger partial charge >= 0.3 is 5.97 Å². The molecule has 2 N–H and O–H groups in total. The Balaban J connectivity index is 1.57. The van der Waals surface area contributed by atoms with Crippen LogP contribution in [0.4, 0.5) is 28.9 Å². The third-order valence-electron chi connectivity index (χ3n) is 8.70. The first-order valence-corrected chi connectivity index (χ1v) is 19.4. The monoisotopic (exact) mass is 838 g/mol. The number of carbonyl (C=O) groups excluding carboxylic acids is 1. The standard InChI is InChI=1S/C38H36BrClF4N2O6S/c1-5-52-29-17-23(37(48)49)11-12-28(29)46(18-20-13-24(21-9-10-21)15-25(14-20)38(2,3)4)30(47)19-53(50,51)45-36-26(32(41)33(42)34(43)35(36)44)16-22-7-6-8-27(39)31(22)40/h6-8,11-15,17,21,45H,5,9-10,16,18-19H2,1-4H3,(H,48,49). The Bertz CT molecular complexity index is 2210. The minimum atomic E-state index is -4.99. The van der Waals surface area contributed by atoms with Crippen molar-refractivity contribution in [3.63, 3.8) is 0 Å². The lowest BCUT2D eigenvalue weighted by molar-refractivity contribution is -0.116. The van der Waals surface area contributed by atoms with Crippen LogP contribution in [-0.2, 0) is 33.2 Å². The number of carbonyl (C=O) groups is 2. The molecule has 0 aliphatic heterocycles. The molecular formula is C38H36BrClF4N2O6S. The van der Waals surface area contributed by atoms with E-state index in [0.29, 0.717) is 16.0 Å². The number of halogens is 6. The van der Waals surface area contributed by atoms with Crippen molar-refractivity contribution in [1.29, 1.82) is 0 Å². The Labute approximate surface area is 318 Å². The molecule has 15 heteroatoms. The normalized spacial score (nSPS) is 13.2. The van der Waals surface area contributed by atoms with E-state index in [1.54, 1.807) is 17.7 Å². The Morgan fingerprint density at radius 3 is 2.30 bits per heavy atom. The van der Waals surface area contributed by atoms with Crippen molar-refractivity contribution in [1.82, 2.24) is 0 Å². The number of benzene rings is 4. The Kier molecular flexibility index (Phi) is 11.9. The maximum absolute atomic E-state index is 15.3. The van der Waals surface area contributed by atoms with Gasteiger partial charge in [0.1, 0.15) is 11.5 Å². The van der Waals surface area contributed by atoms with Gasteiger partial charge in [0.25, 0.3) is 0 Å². The highest BCUT2D eigenvalue weighted by molar-refractivity contribution is 9.10. The molecule has 53 heavy (non-hydrogen) atoms. The maximum Gasteiger partial charge on any atom is 0.335 e. The summed E-state index contributed by atoms with van der Waals surface area (Å²) in [6, 6.07) is 14.1. The molecule has 282 valence electrons. The summed E-state index contributed by atoms with van der Waals surface area (Å²) in [5.41, 5.74) is 0.276. The molecule has 1 aliphatic carbocycles. The first kappa shape index (κ1) is 40.1. The summed E-state index contributed by atoms with van der Waals surface area (Å²) in [5, 5.41) is 9.66. The molecule has 0 unspecified atom stereocenters. The van der Waals surface area contributed by atoms with Crippen LogP contribution in [0.2, 0.25) is 5.02 Å². The third kappa shape index (κ3) is 9.15. The molecule has 1 saturated carbocycles. The van der Waals surface area contributed by atoms with Crippen LogP contribution in [0.3, 0.4) is 0 Å². The van der Waals surface area contributed by atoms with Gasteiger partial charge in [0.05, 0.1) is 35.1 Å². The fourth-order valence-electron chi connectivity index (χ4n) is 5.78. The Hall–Kier alpha value is -4.14. The van der Waals surface area contributed by atoms with Gasteiger partial charge < -0.3 is 14.7 Å². The van der Waals surface area contributed by atoms with Crippen molar-refractivity contribution in [2.24, 2.45) is 0 Å². The van der Waals surface area contributed by atoms with Crippen molar-refractivity contribution in [2.75, 3.05) is 22.0 Å². The van der Waals surface area contributed by atoms with Gasteiger partial charge in [-0.15, -0.1) is 0 Å². The van der Waals surface area contributed by atoms with Crippen LogP contribution in [-0.4, -0.2) is 37.8 Å². The molecule has 0 radical (unpaired) electrons. The molecule has 0 aromatic heterocycles. The van der Waals surface area contributed by atoms with Crippen LogP contribution in [0.15, 0.2) is 59.1 Å². The fraction of sp³-hybridized carbons (Fsp3) is 0.316. The van der Waals surface area contributed by atoms with Crippen LogP contribution in [0, 0.1) is 23.3 Å². The first-order chi connectivity index (χ1) is 24.8. The molecule has 4 aromatic carbocycles. The van der Waals surface area contributed by atoms with Crippen LogP contribution < -0.4 is 14.4 Å². The average Bonchev–Trinajstić information content (AvgIpc) is 3.94. The molecule has 0 bridgehead atoms. The number of hydrogen-bond acceptors (Lipinski definition) is 5. The summed E-state index contributed by atoms with van der Waals surface area (Å²) in [6.07, 6.45) is 1.32. The van der Waals surface area contributed by atoms with E-state index in [1.807, 2.05) is 32.9 Å². The zero-order valence-corrected chi connectivity index (χ0v) is 32.3. The Morgan fingerprint density at radius 1 is 1.00 bits per heavy atom. The van der Waals surface area contributed by atoms with Crippen molar-refractivity contribution in [3.8, 4) is 5.75 Å². The van der Waals surface area contributed by atoms with Crippen LogP contribution in [0.25, 0.3) is 0 Å². The maximum atomic E-state index is 15.3. The van der Waals surface area contributed by atoms with Crippen molar-refractivity contribution in [3.05, 3.63) is 121 Å². The zero-order chi connectivity index (χ0) is 39.0. The van der Waals surface area contributed by atoms with E-state index in [1.165, 1.54) is 30.3 Å². The molecule has 8 nitrogen and oxygen atoms in total. The number of rotatable bonds is 13. The SMILES string of the molecule is CCOc1cc(C(=O)O)ccc1N(Cc1cc(C2CC2)cc(C(C)(C)C)c1)C(=O)CS(=O)(=O)Nc1c(F)c(F)c(F)c(F)c1Cc1cccc(Br)c1Cl. The largest absolute Gasteiger partial charge is 0.492 e. The summed E-state index contributed by atoms with van der Waals surface area (Å²) < 4.78 is 94.9. The van der Waals surface area contributed by atoms with Crippen molar-refractivity contribution in [2.45, 2.75) is 64.8 Å². The summed E-state index contributed by atoms with van der Waals surface area (Å²) in [5.74, 6) is -11.7. The molecule has 4 aromatic rings. The van der Waals surface area contributed by atoms with Gasteiger partial charge in [0, 0.05) is 16.5 Å². The second kappa shape index (κ2) is 15.7. The highest BCUT2D eigenvalue weighted by Gasteiger charge is 2.32. The van der Waals surface area contributed by atoms with Gasteiger partial charge in [-0.25, -0.2) is 30.8 Å². The van der Waals surface area contributed by atoms with E-state index >= 15 is 8.78 Å². The lowest BCUT2D eigenvalue weighted by atomic mass is 9.84. The van der Waals surface area contributed by atoms with E-state index in [2.05, 4.69) is 22.0 Å². The molecule has 5 rings (SSSR count). The topological polar surface area (TPSA) is 113 Å². The van der Waals surface area contributed by atoms with E-state index in [4.69, 9.17) is 16.3 Å². The molecule has 0 saturated heterocycles. The number of hydrogen-bond donors (Lipinski definition) is 2. The van der Waals surface area contributed by atoms with Gasteiger partial charge in [-0.3, -0.25) is 9.52 Å². The third-order valence-corrected chi connectivity index (χ3v) is 11.2. The lowest BCUT2D eigenvalue weighted by Gasteiger charge is -2.27. The van der Waals surface area contributed by atoms with E-state index in [0.717, 1.165) is 28.9 Å². The second-order valence-corrected chi connectivity index (χ2v) is 16.7. The second-order valence-electron chi connectivity index (χ2n) is 13.7. The minimum absolute atomic E-state index is 0.0255. The van der Waals surface area contributed by atoms with Crippen molar-refractivity contribution >= 4 is 60.8 Å². The Morgan fingerprint density at radius 2 is 1.68 bits per heavy atom. The number of carboxylic acid groups (broad SMARTS) is 1. The number of amides is 1. The molecule has 0 spiro atoms. The predicted molar refractivity (Wildman–Crippen MR) is 199 cm³/mol. The zero-order valence-electron chi connectivity index (χ0n) is 29.1. The molecule has 0 atom stereocenters. The number of carboxylic acids is 1. The van der Waals surface area contributed by atoms with Gasteiger partial charge in [-0.1, -0.05) is 62.7 Å². The average molecular weight is 840 g/mol. The van der Waals surface area contributed by atoms with Gasteiger partial charge in [-0.2, -0.15) is 0 Å². The van der Waals surface area contributed by atoms with E-state index < -0.39 is 68.6 Å². The molecule has 1 fully saturated rings. The quantitative estimate of drug-likeness (QED) is 0.0789. The summed E-state index contributed by atoms with van der Waals surface area (Å²) in [6.45, 7) is 7.60. The molecule has 0 heterocycles. The smallest absolute Gasteiger partial charge is 0.335 e. The van der Waals surface area contributed by atoms with Gasteiger partial charge in [0.15, 0.2) is 23.3 Å². The summed E-state index contributed by atoms with van der Waals surface area (Å²) >= 11 is 9.48. The van der Waals surface area contributed by atoms with E-state index in [-0.39, 0.29) is 46.2 Å². The highest BCUT2D eigenvalue weighted by atomic mass is 79.9. The summed E-state index contributed by atoms with van der Waals surface area (Å²) in [7, 11) is -4.99. The van der Waals surface area contributed by atoms with Gasteiger partial charge in [0.2, 0.25) is 15.9 Å². The number of sulfonamides is 1. The number of nitrogens with one attached hydrogen (secondary N) is 1. The first-order valence-electron chi connectivity index (χ1n) is 16.5. The molecule has 1 aliphatic rings. The number of ether oxygens (including phenoxy) is 1. The van der Waals surface area contributed by atoms with Crippen LogP contribution >= 0.6 is 27.5 Å². The number of anilines is 2. The highest BCUT2D eigenvalue weighted by Crippen LogP contribution is 2.42. The van der Waals surface area contributed by atoms with E-state index in [9.17, 15) is 31.9 Å². The number of aromatic carboxylic acids is 1.